The summed E-state index contributed by atoms with van der Waals surface area (Å²) in [5, 5.41) is 11.0. The average Bonchev–Trinajstić information content (AvgIpc) is 3.45. The topological polar surface area (TPSA) is 73.3 Å². The van der Waals surface area contributed by atoms with E-state index >= 15 is 0 Å². The van der Waals surface area contributed by atoms with Crippen LogP contribution in [0.4, 0.5) is 5.69 Å². The van der Waals surface area contributed by atoms with Crippen LogP contribution in [0.3, 0.4) is 0 Å². The van der Waals surface area contributed by atoms with Crippen LogP contribution in [0.15, 0.2) is 40.0 Å². The number of anilines is 1. The van der Waals surface area contributed by atoms with Gasteiger partial charge in [0.2, 0.25) is 0 Å². The predicted octanol–water partition coefficient (Wildman–Crippen LogP) is 4.67. The molecule has 4 rings (SSSR count). The summed E-state index contributed by atoms with van der Waals surface area (Å²) < 4.78 is 22.9. The van der Waals surface area contributed by atoms with Crippen LogP contribution in [0, 0.1) is 0 Å². The van der Waals surface area contributed by atoms with Crippen molar-refractivity contribution in [3.63, 3.8) is 0 Å². The lowest BCUT2D eigenvalue weighted by atomic mass is 10.2. The third-order valence-corrected chi connectivity index (χ3v) is 5.83. The number of hydrogen-bond acceptors (Lipinski definition) is 6. The summed E-state index contributed by atoms with van der Waals surface area (Å²) in [6.45, 7) is 5.00. The number of aliphatic imine (C=N–C) groups is 1. The van der Waals surface area contributed by atoms with Gasteiger partial charge in [-0.1, -0.05) is 0 Å². The van der Waals surface area contributed by atoms with Gasteiger partial charge in [0, 0.05) is 37.9 Å². The highest BCUT2D eigenvalue weighted by molar-refractivity contribution is 14.0. The van der Waals surface area contributed by atoms with E-state index in [9.17, 15) is 0 Å². The highest BCUT2D eigenvalue weighted by atomic mass is 127. The lowest BCUT2D eigenvalue weighted by Gasteiger charge is -2.15. The van der Waals surface area contributed by atoms with Gasteiger partial charge in [-0.15, -0.1) is 24.0 Å². The van der Waals surface area contributed by atoms with Gasteiger partial charge in [0.15, 0.2) is 17.5 Å². The molecule has 1 saturated heterocycles. The molecule has 1 aromatic heterocycles. The number of guanidine groups is 1. The maximum atomic E-state index is 5.81. The third kappa shape index (κ3) is 8.09. The quantitative estimate of drug-likeness (QED) is 0.197. The van der Waals surface area contributed by atoms with Crippen molar-refractivity contribution in [1.29, 1.82) is 0 Å². The zero-order valence-electron chi connectivity index (χ0n) is 18.2. The minimum absolute atomic E-state index is 0. The smallest absolute Gasteiger partial charge is 0.196 e. The van der Waals surface area contributed by atoms with Gasteiger partial charge in [-0.05, 0) is 53.8 Å². The molecular formula is C23H32IN3O4S. The first-order chi connectivity index (χ1) is 15.4. The first-order valence-electron chi connectivity index (χ1n) is 11.0. The summed E-state index contributed by atoms with van der Waals surface area (Å²) in [5.74, 6) is 2.29. The monoisotopic (exact) mass is 573 g/mol. The van der Waals surface area contributed by atoms with E-state index in [0.717, 1.165) is 62.0 Å². The number of hydrogen-bond donors (Lipinski definition) is 2. The molecule has 2 aliphatic rings. The van der Waals surface area contributed by atoms with Crippen molar-refractivity contribution in [2.75, 3.05) is 44.9 Å². The molecule has 1 atom stereocenters. The van der Waals surface area contributed by atoms with E-state index in [0.29, 0.717) is 33.0 Å². The van der Waals surface area contributed by atoms with Crippen molar-refractivity contribution in [1.82, 2.24) is 5.32 Å². The number of nitrogens with zero attached hydrogens (tertiary/aromatic N) is 1. The molecule has 9 heteroatoms. The van der Waals surface area contributed by atoms with Crippen LogP contribution in [-0.2, 0) is 16.0 Å². The molecule has 1 fully saturated rings. The van der Waals surface area contributed by atoms with Crippen LogP contribution < -0.4 is 20.1 Å². The summed E-state index contributed by atoms with van der Waals surface area (Å²) in [7, 11) is 0. The van der Waals surface area contributed by atoms with E-state index in [4.69, 9.17) is 23.9 Å². The van der Waals surface area contributed by atoms with Gasteiger partial charge < -0.3 is 29.6 Å². The maximum absolute atomic E-state index is 5.81. The third-order valence-electron chi connectivity index (χ3n) is 5.10. The predicted molar refractivity (Wildman–Crippen MR) is 139 cm³/mol. The van der Waals surface area contributed by atoms with Crippen LogP contribution in [0.25, 0.3) is 0 Å². The second-order valence-electron chi connectivity index (χ2n) is 7.62. The van der Waals surface area contributed by atoms with Crippen molar-refractivity contribution in [2.45, 2.75) is 38.3 Å². The van der Waals surface area contributed by atoms with E-state index in [1.807, 2.05) is 18.2 Å². The lowest BCUT2D eigenvalue weighted by molar-refractivity contribution is 0.0168. The fourth-order valence-corrected chi connectivity index (χ4v) is 4.10. The first kappa shape index (κ1) is 25.1. The molecule has 0 spiro atoms. The van der Waals surface area contributed by atoms with Gasteiger partial charge >= 0.3 is 0 Å². The van der Waals surface area contributed by atoms with Crippen molar-refractivity contribution in [3.05, 3.63) is 40.6 Å². The van der Waals surface area contributed by atoms with E-state index in [-0.39, 0.29) is 30.1 Å². The first-order valence-corrected chi connectivity index (χ1v) is 12.0. The lowest BCUT2D eigenvalue weighted by Crippen LogP contribution is -2.32. The van der Waals surface area contributed by atoms with Gasteiger partial charge in [-0.3, -0.25) is 0 Å². The zero-order chi connectivity index (χ0) is 21.1. The Hall–Kier alpha value is -1.56. The van der Waals surface area contributed by atoms with E-state index in [1.54, 1.807) is 11.3 Å². The summed E-state index contributed by atoms with van der Waals surface area (Å²) >= 11 is 1.68. The molecule has 32 heavy (non-hydrogen) atoms. The minimum Gasteiger partial charge on any atom is -0.490 e. The number of fused-ring (bicyclic) bond motifs is 1. The number of rotatable bonds is 9. The Kier molecular flexibility index (Phi) is 10.9. The fourth-order valence-electron chi connectivity index (χ4n) is 3.44. The second-order valence-corrected chi connectivity index (χ2v) is 8.40. The molecule has 7 nitrogen and oxygen atoms in total. The summed E-state index contributed by atoms with van der Waals surface area (Å²) in [6, 6.07) is 7.99. The molecule has 2 aromatic rings. The number of thiophene rings is 1. The number of ether oxygens (including phenoxy) is 4. The Morgan fingerprint density at radius 2 is 2.03 bits per heavy atom. The molecule has 3 heterocycles. The summed E-state index contributed by atoms with van der Waals surface area (Å²) in [6.07, 6.45) is 4.31. The molecule has 1 aromatic carbocycles. The van der Waals surface area contributed by atoms with Gasteiger partial charge in [0.25, 0.3) is 0 Å². The SMILES string of the molecule is I.c1cc(CN=C(NCCCOCC2CCCO2)Nc2ccc3c(c2)OCCCO3)cs1. The van der Waals surface area contributed by atoms with Gasteiger partial charge in [0.1, 0.15) is 0 Å². The van der Waals surface area contributed by atoms with E-state index in [2.05, 4.69) is 27.5 Å². The average molecular weight is 573 g/mol. The minimum atomic E-state index is 0. The molecule has 0 saturated carbocycles. The summed E-state index contributed by atoms with van der Waals surface area (Å²) in [5.41, 5.74) is 2.11. The molecule has 2 aliphatic heterocycles. The van der Waals surface area contributed by atoms with Gasteiger partial charge in [-0.2, -0.15) is 11.3 Å². The van der Waals surface area contributed by atoms with Crippen molar-refractivity contribution in [2.24, 2.45) is 4.99 Å². The second kappa shape index (κ2) is 13.9. The standard InChI is InChI=1S/C23H31N3O4S.HI/c1-4-20(28-10-1)16-27-9-2-8-24-23(25-15-18-7-13-31-17-18)26-19-5-6-21-22(14-19)30-12-3-11-29-21;/h5-7,13-14,17,20H,1-4,8-12,15-16H2,(H2,24,25,26);1H. The molecule has 2 N–H and O–H groups in total. The molecule has 0 bridgehead atoms. The van der Waals surface area contributed by atoms with Gasteiger partial charge in [-0.25, -0.2) is 4.99 Å². The molecule has 0 radical (unpaired) electrons. The molecular weight excluding hydrogens is 541 g/mol. The largest absolute Gasteiger partial charge is 0.490 e. The number of nitrogens with one attached hydrogen (secondary N) is 2. The van der Waals surface area contributed by atoms with Crippen LogP contribution in [0.2, 0.25) is 0 Å². The molecule has 0 amide bonds. The normalized spacial score (nSPS) is 18.0. The summed E-state index contributed by atoms with van der Waals surface area (Å²) in [4.78, 5) is 4.74. The Bertz CT molecular complexity index is 829. The highest BCUT2D eigenvalue weighted by Gasteiger charge is 2.15. The Morgan fingerprint density at radius 1 is 1.12 bits per heavy atom. The molecule has 1 unspecified atom stereocenters. The van der Waals surface area contributed by atoms with Crippen LogP contribution in [0.5, 0.6) is 11.5 Å². The van der Waals surface area contributed by atoms with Crippen LogP contribution in [-0.4, -0.2) is 51.6 Å². The van der Waals surface area contributed by atoms with Crippen molar-refractivity contribution >= 4 is 47.0 Å². The van der Waals surface area contributed by atoms with Crippen molar-refractivity contribution < 1.29 is 18.9 Å². The molecule has 176 valence electrons. The Balaban J connectivity index is 0.00000289. The fraction of sp³-hybridized carbons (Fsp3) is 0.522. The van der Waals surface area contributed by atoms with E-state index in [1.165, 1.54) is 5.56 Å². The van der Waals surface area contributed by atoms with Gasteiger partial charge in [0.05, 0.1) is 32.5 Å². The van der Waals surface area contributed by atoms with Crippen molar-refractivity contribution in [3.8, 4) is 11.5 Å². The number of halogens is 1. The van der Waals surface area contributed by atoms with Crippen LogP contribution in [0.1, 0.15) is 31.2 Å². The number of benzene rings is 1. The zero-order valence-corrected chi connectivity index (χ0v) is 21.4. The van der Waals surface area contributed by atoms with Crippen LogP contribution >= 0.6 is 35.3 Å². The highest BCUT2D eigenvalue weighted by Crippen LogP contribution is 2.32. The van der Waals surface area contributed by atoms with E-state index < -0.39 is 0 Å². The Morgan fingerprint density at radius 3 is 2.84 bits per heavy atom. The Labute approximate surface area is 210 Å². The maximum Gasteiger partial charge on any atom is 0.196 e. The molecule has 0 aliphatic carbocycles.